The number of amides is 1. The van der Waals surface area contributed by atoms with Crippen LogP contribution in [0.25, 0.3) is 10.9 Å². The van der Waals surface area contributed by atoms with Crippen molar-refractivity contribution in [2.75, 3.05) is 37.9 Å². The van der Waals surface area contributed by atoms with Gasteiger partial charge in [-0.3, -0.25) is 4.79 Å². The lowest BCUT2D eigenvalue weighted by Crippen LogP contribution is -2.19. The molecule has 8 nitrogen and oxygen atoms in total. The molecule has 1 aliphatic rings. The Hall–Kier alpha value is -3.50. The van der Waals surface area contributed by atoms with E-state index in [4.69, 9.17) is 21.1 Å². The Kier molecular flexibility index (Phi) is 7.09. The molecular formula is C23H22ClF2N5O3. The van der Waals surface area contributed by atoms with Gasteiger partial charge in [-0.25, -0.2) is 14.4 Å². The first kappa shape index (κ1) is 23.7. The van der Waals surface area contributed by atoms with Gasteiger partial charge in [0.05, 0.1) is 29.4 Å². The molecule has 0 unspecified atom stereocenters. The van der Waals surface area contributed by atoms with Gasteiger partial charge in [-0.1, -0.05) is 11.6 Å². The number of carbonyl (C=O) groups excluding carboxylic acids is 1. The Bertz CT molecular complexity index is 1250. The van der Waals surface area contributed by atoms with Crippen molar-refractivity contribution in [2.24, 2.45) is 0 Å². The van der Waals surface area contributed by atoms with Crippen molar-refractivity contribution in [3.63, 3.8) is 0 Å². The van der Waals surface area contributed by atoms with Crippen molar-refractivity contribution in [2.45, 2.75) is 12.5 Å². The first-order valence-corrected chi connectivity index (χ1v) is 10.8. The number of benzene rings is 2. The van der Waals surface area contributed by atoms with Gasteiger partial charge in [-0.2, -0.15) is 4.39 Å². The highest BCUT2D eigenvalue weighted by Gasteiger charge is 2.22. The van der Waals surface area contributed by atoms with Crippen LogP contribution < -0.4 is 15.4 Å². The minimum absolute atomic E-state index is 0.0473. The van der Waals surface area contributed by atoms with Crippen LogP contribution in [-0.4, -0.2) is 54.2 Å². The average molecular weight is 490 g/mol. The number of fused-ring (bicyclic) bond motifs is 1. The van der Waals surface area contributed by atoms with Crippen LogP contribution in [0.5, 0.6) is 5.75 Å². The maximum atomic E-state index is 14.3. The van der Waals surface area contributed by atoms with Crippen molar-refractivity contribution in [3.8, 4) is 5.75 Å². The average Bonchev–Trinajstić information content (AvgIpc) is 3.30. The third-order valence-corrected chi connectivity index (χ3v) is 5.23. The van der Waals surface area contributed by atoms with Crippen LogP contribution in [0.2, 0.25) is 5.02 Å². The zero-order valence-electron chi connectivity index (χ0n) is 18.4. The van der Waals surface area contributed by atoms with E-state index in [2.05, 4.69) is 20.6 Å². The number of hydrogen-bond acceptors (Lipinski definition) is 7. The number of carbonyl (C=O) groups is 1. The predicted octanol–water partition coefficient (Wildman–Crippen LogP) is 4.64. The topological polar surface area (TPSA) is 88.6 Å². The fourth-order valence-electron chi connectivity index (χ4n) is 3.34. The van der Waals surface area contributed by atoms with Crippen LogP contribution in [0.1, 0.15) is 6.42 Å². The van der Waals surface area contributed by atoms with E-state index in [0.29, 0.717) is 47.8 Å². The molecule has 2 heterocycles. The van der Waals surface area contributed by atoms with E-state index in [9.17, 15) is 13.6 Å². The second-order valence-electron chi connectivity index (χ2n) is 7.84. The van der Waals surface area contributed by atoms with Crippen molar-refractivity contribution in [3.05, 3.63) is 59.5 Å². The Labute approximate surface area is 199 Å². The molecule has 4 rings (SSSR count). The van der Waals surface area contributed by atoms with Crippen molar-refractivity contribution in [1.29, 1.82) is 0 Å². The summed E-state index contributed by atoms with van der Waals surface area (Å²) in [5.74, 6) is -1.75. The molecule has 1 aliphatic heterocycles. The molecule has 11 heteroatoms. The Morgan fingerprint density at radius 2 is 2.12 bits per heavy atom. The van der Waals surface area contributed by atoms with Crippen LogP contribution >= 0.6 is 11.6 Å². The summed E-state index contributed by atoms with van der Waals surface area (Å²) in [6.07, 6.45) is 2.89. The molecule has 0 bridgehead atoms. The first-order chi connectivity index (χ1) is 16.3. The van der Waals surface area contributed by atoms with Gasteiger partial charge in [-0.15, -0.1) is 0 Å². The molecular weight excluding hydrogens is 468 g/mol. The minimum atomic E-state index is -0.969. The van der Waals surface area contributed by atoms with Crippen molar-refractivity contribution in [1.82, 2.24) is 14.9 Å². The summed E-state index contributed by atoms with van der Waals surface area (Å²) in [6, 6.07) is 7.40. The lowest BCUT2D eigenvalue weighted by molar-refractivity contribution is -0.114. The fraction of sp³-hybridized carbons (Fsp3) is 0.261. The number of nitrogens with zero attached hydrogens (tertiary/aromatic N) is 3. The van der Waals surface area contributed by atoms with Gasteiger partial charge in [0.1, 0.15) is 29.8 Å². The molecule has 0 saturated carbocycles. The summed E-state index contributed by atoms with van der Waals surface area (Å²) in [7, 11) is 3.21. The quantitative estimate of drug-likeness (QED) is 0.467. The molecule has 34 heavy (non-hydrogen) atoms. The molecule has 0 radical (unpaired) electrons. The van der Waals surface area contributed by atoms with E-state index >= 15 is 0 Å². The molecule has 1 saturated heterocycles. The third-order valence-electron chi connectivity index (χ3n) is 4.94. The smallest absolute Gasteiger partial charge is 0.286 e. The van der Waals surface area contributed by atoms with Gasteiger partial charge in [-0.05, 0) is 24.3 Å². The van der Waals surface area contributed by atoms with Crippen LogP contribution in [0, 0.1) is 5.82 Å². The van der Waals surface area contributed by atoms with Crippen LogP contribution in [-0.2, 0) is 9.53 Å². The largest absolute Gasteiger partial charge is 0.486 e. The molecule has 2 aromatic carbocycles. The molecule has 178 valence electrons. The van der Waals surface area contributed by atoms with Crippen LogP contribution in [0.15, 0.2) is 48.7 Å². The number of anilines is 3. The molecule has 1 fully saturated rings. The highest BCUT2D eigenvalue weighted by Crippen LogP contribution is 2.35. The SMILES string of the molecule is CN(C)/C=C(/F)C(=O)Nc1cc2c(Nc3ccc(F)c(Cl)c3)ncnc2cc1O[C@H]1CCOC1. The predicted molar refractivity (Wildman–Crippen MR) is 126 cm³/mol. The molecule has 3 aromatic rings. The maximum Gasteiger partial charge on any atom is 0.286 e. The summed E-state index contributed by atoms with van der Waals surface area (Å²) >= 11 is 5.88. The lowest BCUT2D eigenvalue weighted by atomic mass is 10.1. The second kappa shape index (κ2) is 10.2. The van der Waals surface area contributed by atoms with E-state index in [1.165, 1.54) is 29.4 Å². The summed E-state index contributed by atoms with van der Waals surface area (Å²) in [6.45, 7) is 0.971. The molecule has 0 spiro atoms. The number of ether oxygens (including phenoxy) is 2. The number of hydrogen-bond donors (Lipinski definition) is 2. The van der Waals surface area contributed by atoms with Crippen molar-refractivity contribution >= 4 is 45.6 Å². The van der Waals surface area contributed by atoms with Crippen molar-refractivity contribution < 1.29 is 23.0 Å². The first-order valence-electron chi connectivity index (χ1n) is 10.4. The van der Waals surface area contributed by atoms with Crippen LogP contribution in [0.4, 0.5) is 26.0 Å². The van der Waals surface area contributed by atoms with E-state index in [1.807, 2.05) is 0 Å². The minimum Gasteiger partial charge on any atom is -0.486 e. The summed E-state index contributed by atoms with van der Waals surface area (Å²) in [5, 5.41) is 6.10. The highest BCUT2D eigenvalue weighted by molar-refractivity contribution is 6.31. The van der Waals surface area contributed by atoms with E-state index in [-0.39, 0.29) is 16.8 Å². The summed E-state index contributed by atoms with van der Waals surface area (Å²) in [4.78, 5) is 22.4. The Balaban J connectivity index is 1.73. The van der Waals surface area contributed by atoms with Gasteiger partial charge in [0.15, 0.2) is 0 Å². The van der Waals surface area contributed by atoms with Gasteiger partial charge in [0, 0.05) is 43.9 Å². The fourth-order valence-corrected chi connectivity index (χ4v) is 3.52. The second-order valence-corrected chi connectivity index (χ2v) is 8.25. The van der Waals surface area contributed by atoms with Gasteiger partial charge >= 0.3 is 0 Å². The van der Waals surface area contributed by atoms with Gasteiger partial charge < -0.3 is 25.0 Å². The number of halogens is 3. The van der Waals surface area contributed by atoms with Crippen LogP contribution in [0.3, 0.4) is 0 Å². The molecule has 1 aromatic heterocycles. The normalized spacial score (nSPS) is 15.9. The standard InChI is InChI=1S/C23H22ClF2N5O3/c1-31(2)10-18(26)23(32)30-20-8-15-19(9-21(20)34-14-5-6-33-11-14)27-12-28-22(15)29-13-3-4-17(25)16(24)7-13/h3-4,7-10,12,14H,5-6,11H2,1-2H3,(H,30,32)(H,27,28,29)/b18-10+/t14-/m0/s1. The Morgan fingerprint density at radius 3 is 2.82 bits per heavy atom. The number of rotatable bonds is 7. The zero-order valence-corrected chi connectivity index (χ0v) is 19.2. The molecule has 1 atom stereocenters. The van der Waals surface area contributed by atoms with E-state index in [0.717, 1.165) is 6.20 Å². The van der Waals surface area contributed by atoms with Gasteiger partial charge in [0.2, 0.25) is 5.83 Å². The summed E-state index contributed by atoms with van der Waals surface area (Å²) < 4.78 is 39.2. The van der Waals surface area contributed by atoms with E-state index in [1.54, 1.807) is 26.2 Å². The third kappa shape index (κ3) is 5.52. The van der Waals surface area contributed by atoms with Gasteiger partial charge in [0.25, 0.3) is 5.91 Å². The lowest BCUT2D eigenvalue weighted by Gasteiger charge is -2.18. The molecule has 1 amide bonds. The van der Waals surface area contributed by atoms with E-state index < -0.39 is 17.6 Å². The number of aromatic nitrogens is 2. The molecule has 2 N–H and O–H groups in total. The maximum absolute atomic E-state index is 14.3. The Morgan fingerprint density at radius 1 is 1.29 bits per heavy atom. The summed E-state index contributed by atoms with van der Waals surface area (Å²) in [5.41, 5.74) is 1.25. The monoisotopic (exact) mass is 489 g/mol. The molecule has 0 aliphatic carbocycles. The number of nitrogens with one attached hydrogen (secondary N) is 2. The zero-order chi connectivity index (χ0) is 24.2. The highest BCUT2D eigenvalue weighted by atomic mass is 35.5.